The number of rotatable bonds is 5. The smallest absolute Gasteiger partial charge is 0.242 e. The van der Waals surface area contributed by atoms with Gasteiger partial charge in [-0.05, 0) is 24.2 Å². The van der Waals surface area contributed by atoms with Crippen molar-refractivity contribution >= 4 is 23.2 Å². The van der Waals surface area contributed by atoms with Crippen LogP contribution < -0.4 is 16.0 Å². The molecular formula is C14H20ClN3O2. The Morgan fingerprint density at radius 1 is 1.60 bits per heavy atom. The average Bonchev–Trinajstić information content (AvgIpc) is 2.46. The molecule has 0 saturated carbocycles. The van der Waals surface area contributed by atoms with Crippen molar-refractivity contribution in [2.45, 2.75) is 19.5 Å². The number of morpholine rings is 1. The molecule has 20 heavy (non-hydrogen) atoms. The molecule has 6 heteroatoms. The zero-order valence-electron chi connectivity index (χ0n) is 11.6. The molecule has 5 nitrogen and oxygen atoms in total. The van der Waals surface area contributed by atoms with E-state index in [0.717, 1.165) is 24.3 Å². The zero-order valence-corrected chi connectivity index (χ0v) is 12.3. The molecule has 1 aliphatic rings. The predicted molar refractivity (Wildman–Crippen MR) is 80.0 cm³/mol. The van der Waals surface area contributed by atoms with Crippen molar-refractivity contribution < 1.29 is 9.53 Å². The van der Waals surface area contributed by atoms with Crippen LogP contribution in [0.4, 0.5) is 5.69 Å². The molecule has 1 heterocycles. The highest BCUT2D eigenvalue weighted by molar-refractivity contribution is 6.30. The Morgan fingerprint density at radius 2 is 2.40 bits per heavy atom. The van der Waals surface area contributed by atoms with Gasteiger partial charge in [-0.25, -0.2) is 0 Å². The van der Waals surface area contributed by atoms with Gasteiger partial charge < -0.3 is 20.7 Å². The van der Waals surface area contributed by atoms with Gasteiger partial charge in [0.15, 0.2) is 0 Å². The standard InChI is InChI=1S/C14H20ClN3O2/c1-2-17-8-10-3-4-11(15)7-12(10)18-5-6-20-9-13(18)14(16)19/h3-4,7,13,17H,2,5-6,8-9H2,1H3,(H2,16,19). The maximum absolute atomic E-state index is 11.6. The van der Waals surface area contributed by atoms with Gasteiger partial charge in [-0.3, -0.25) is 4.79 Å². The number of amides is 1. The molecule has 1 saturated heterocycles. The van der Waals surface area contributed by atoms with Gasteiger partial charge in [-0.1, -0.05) is 24.6 Å². The lowest BCUT2D eigenvalue weighted by atomic mass is 10.1. The van der Waals surface area contributed by atoms with E-state index in [1.54, 1.807) is 0 Å². The molecule has 0 aromatic heterocycles. The van der Waals surface area contributed by atoms with Crippen LogP contribution in [0, 0.1) is 0 Å². The van der Waals surface area contributed by atoms with E-state index in [2.05, 4.69) is 12.2 Å². The van der Waals surface area contributed by atoms with E-state index in [1.165, 1.54) is 0 Å². The van der Waals surface area contributed by atoms with Gasteiger partial charge >= 0.3 is 0 Å². The maximum atomic E-state index is 11.6. The van der Waals surface area contributed by atoms with E-state index in [9.17, 15) is 4.79 Å². The lowest BCUT2D eigenvalue weighted by molar-refractivity contribution is -0.121. The van der Waals surface area contributed by atoms with Crippen molar-refractivity contribution in [2.75, 3.05) is 31.2 Å². The Balaban J connectivity index is 2.32. The Labute approximate surface area is 124 Å². The number of ether oxygens (including phenoxy) is 1. The SMILES string of the molecule is CCNCc1ccc(Cl)cc1N1CCOCC1C(N)=O. The van der Waals surface area contributed by atoms with E-state index in [1.807, 2.05) is 23.1 Å². The van der Waals surface area contributed by atoms with E-state index < -0.39 is 6.04 Å². The van der Waals surface area contributed by atoms with Crippen molar-refractivity contribution in [1.29, 1.82) is 0 Å². The molecule has 1 fully saturated rings. The number of nitrogens with one attached hydrogen (secondary N) is 1. The third-order valence-electron chi connectivity index (χ3n) is 3.38. The fourth-order valence-corrected chi connectivity index (χ4v) is 2.51. The van der Waals surface area contributed by atoms with Crippen LogP contribution in [0.5, 0.6) is 0 Å². The number of anilines is 1. The van der Waals surface area contributed by atoms with Crippen LogP contribution in [0.1, 0.15) is 12.5 Å². The van der Waals surface area contributed by atoms with Crippen LogP contribution in [0.2, 0.25) is 5.02 Å². The first kappa shape index (κ1) is 15.1. The highest BCUT2D eigenvalue weighted by Gasteiger charge is 2.29. The van der Waals surface area contributed by atoms with E-state index in [0.29, 0.717) is 24.8 Å². The number of primary amides is 1. The fourth-order valence-electron chi connectivity index (χ4n) is 2.34. The third kappa shape index (κ3) is 3.42. The average molecular weight is 298 g/mol. The van der Waals surface area contributed by atoms with E-state index in [-0.39, 0.29) is 5.91 Å². The molecule has 1 aromatic carbocycles. The third-order valence-corrected chi connectivity index (χ3v) is 3.61. The summed E-state index contributed by atoms with van der Waals surface area (Å²) in [4.78, 5) is 13.6. The number of carbonyl (C=O) groups is 1. The molecule has 110 valence electrons. The minimum atomic E-state index is -0.442. The molecule has 1 aromatic rings. The Kier molecular flexibility index (Phi) is 5.23. The summed E-state index contributed by atoms with van der Waals surface area (Å²) < 4.78 is 5.36. The second kappa shape index (κ2) is 6.92. The summed E-state index contributed by atoms with van der Waals surface area (Å²) in [6, 6.07) is 5.28. The van der Waals surface area contributed by atoms with Gasteiger partial charge in [0.2, 0.25) is 5.91 Å². The predicted octanol–water partition coefficient (Wildman–Crippen LogP) is 1.14. The van der Waals surface area contributed by atoms with Crippen LogP contribution in [0.25, 0.3) is 0 Å². The zero-order chi connectivity index (χ0) is 14.5. The highest BCUT2D eigenvalue weighted by atomic mass is 35.5. The van der Waals surface area contributed by atoms with Crippen molar-refractivity contribution in [3.63, 3.8) is 0 Å². The molecule has 0 spiro atoms. The molecule has 0 aliphatic carbocycles. The number of halogens is 1. The Bertz CT molecular complexity index is 481. The largest absolute Gasteiger partial charge is 0.377 e. The number of hydrogen-bond acceptors (Lipinski definition) is 4. The Hall–Kier alpha value is -1.30. The van der Waals surface area contributed by atoms with Crippen LogP contribution in [0.3, 0.4) is 0 Å². The van der Waals surface area contributed by atoms with Gasteiger partial charge in [0.25, 0.3) is 0 Å². The summed E-state index contributed by atoms with van der Waals surface area (Å²) >= 11 is 6.10. The molecule has 1 amide bonds. The van der Waals surface area contributed by atoms with Gasteiger partial charge in [0.1, 0.15) is 6.04 Å². The van der Waals surface area contributed by atoms with Crippen LogP contribution in [-0.4, -0.2) is 38.3 Å². The number of hydrogen-bond donors (Lipinski definition) is 2. The van der Waals surface area contributed by atoms with Crippen molar-refractivity contribution in [3.8, 4) is 0 Å². The van der Waals surface area contributed by atoms with Gasteiger partial charge in [0, 0.05) is 23.8 Å². The first-order chi connectivity index (χ1) is 9.63. The summed E-state index contributed by atoms with van der Waals surface area (Å²) in [5.41, 5.74) is 7.52. The highest BCUT2D eigenvalue weighted by Crippen LogP contribution is 2.28. The van der Waals surface area contributed by atoms with Crippen molar-refractivity contribution in [1.82, 2.24) is 5.32 Å². The molecule has 3 N–H and O–H groups in total. The molecule has 1 atom stereocenters. The first-order valence-electron chi connectivity index (χ1n) is 6.76. The van der Waals surface area contributed by atoms with Crippen LogP contribution in [-0.2, 0) is 16.1 Å². The molecule has 1 unspecified atom stereocenters. The van der Waals surface area contributed by atoms with Gasteiger partial charge in [-0.15, -0.1) is 0 Å². The molecule has 0 bridgehead atoms. The topological polar surface area (TPSA) is 67.6 Å². The van der Waals surface area contributed by atoms with Crippen molar-refractivity contribution in [2.24, 2.45) is 5.73 Å². The second-order valence-electron chi connectivity index (χ2n) is 4.74. The van der Waals surface area contributed by atoms with Crippen LogP contribution >= 0.6 is 11.6 Å². The molecule has 2 rings (SSSR count). The normalized spacial score (nSPS) is 19.1. The minimum absolute atomic E-state index is 0.322. The van der Waals surface area contributed by atoms with Crippen LogP contribution in [0.15, 0.2) is 18.2 Å². The molecular weight excluding hydrogens is 278 g/mol. The van der Waals surface area contributed by atoms with E-state index in [4.69, 9.17) is 22.1 Å². The minimum Gasteiger partial charge on any atom is -0.377 e. The number of carbonyl (C=O) groups excluding carboxylic acids is 1. The fraction of sp³-hybridized carbons (Fsp3) is 0.500. The lowest BCUT2D eigenvalue weighted by Crippen LogP contribution is -2.53. The van der Waals surface area contributed by atoms with Gasteiger partial charge in [0.05, 0.1) is 13.2 Å². The summed E-state index contributed by atoms with van der Waals surface area (Å²) in [6.07, 6.45) is 0. The molecule has 0 radical (unpaired) electrons. The quantitative estimate of drug-likeness (QED) is 0.855. The number of benzene rings is 1. The summed E-state index contributed by atoms with van der Waals surface area (Å²) in [5.74, 6) is -0.376. The molecule has 1 aliphatic heterocycles. The number of nitrogens with zero attached hydrogens (tertiary/aromatic N) is 1. The summed E-state index contributed by atoms with van der Waals surface area (Å²) in [6.45, 7) is 5.19. The summed E-state index contributed by atoms with van der Waals surface area (Å²) in [5, 5.41) is 3.94. The maximum Gasteiger partial charge on any atom is 0.242 e. The van der Waals surface area contributed by atoms with Crippen molar-refractivity contribution in [3.05, 3.63) is 28.8 Å². The second-order valence-corrected chi connectivity index (χ2v) is 5.18. The summed E-state index contributed by atoms with van der Waals surface area (Å²) in [7, 11) is 0. The van der Waals surface area contributed by atoms with E-state index >= 15 is 0 Å². The first-order valence-corrected chi connectivity index (χ1v) is 7.14. The number of nitrogens with two attached hydrogens (primary N) is 1. The lowest BCUT2D eigenvalue weighted by Gasteiger charge is -2.36. The monoisotopic (exact) mass is 297 g/mol. The Morgan fingerprint density at radius 3 is 3.10 bits per heavy atom. The van der Waals surface area contributed by atoms with Gasteiger partial charge in [-0.2, -0.15) is 0 Å².